The van der Waals surface area contributed by atoms with E-state index in [9.17, 15) is 9.59 Å². The Bertz CT molecular complexity index is 892. The zero-order valence-corrected chi connectivity index (χ0v) is 16.5. The number of piperidine rings is 1. The molecule has 2 aliphatic heterocycles. The average Bonchev–Trinajstić information content (AvgIpc) is 2.99. The molecule has 0 radical (unpaired) electrons. The number of hydrogen-bond acceptors (Lipinski definition) is 4. The molecule has 0 atom stereocenters. The quantitative estimate of drug-likeness (QED) is 0.739. The first kappa shape index (κ1) is 18.7. The summed E-state index contributed by atoms with van der Waals surface area (Å²) in [4.78, 5) is 32.6. The van der Waals surface area contributed by atoms with Gasteiger partial charge in [-0.1, -0.05) is 41.4 Å². The van der Waals surface area contributed by atoms with Crippen LogP contribution in [0.3, 0.4) is 0 Å². The van der Waals surface area contributed by atoms with E-state index in [1.807, 2.05) is 31.2 Å². The van der Waals surface area contributed by atoms with Gasteiger partial charge in [0.15, 0.2) is 0 Å². The molecule has 0 saturated carbocycles. The second kappa shape index (κ2) is 7.43. The molecule has 146 valence electrons. The molecule has 2 saturated heterocycles. The number of ether oxygens (including phenoxy) is 1. The minimum Gasteiger partial charge on any atom is -0.441 e. The number of amides is 2. The van der Waals surface area contributed by atoms with Gasteiger partial charge in [0.05, 0.1) is 12.1 Å². The Morgan fingerprint density at radius 2 is 1.93 bits per heavy atom. The number of likely N-dealkylation sites (tertiary alicyclic amines) is 1. The molecule has 3 heterocycles. The topological polar surface area (TPSA) is 62.7 Å². The van der Waals surface area contributed by atoms with Gasteiger partial charge in [-0.2, -0.15) is 0 Å². The third kappa shape index (κ3) is 3.69. The van der Waals surface area contributed by atoms with E-state index in [0.717, 1.165) is 5.56 Å². The lowest BCUT2D eigenvalue weighted by atomic mass is 9.91. The van der Waals surface area contributed by atoms with Crippen LogP contribution in [0.15, 0.2) is 42.6 Å². The lowest BCUT2D eigenvalue weighted by Crippen LogP contribution is -2.48. The molecule has 28 heavy (non-hydrogen) atoms. The van der Waals surface area contributed by atoms with Gasteiger partial charge >= 0.3 is 6.09 Å². The Kier molecular flexibility index (Phi) is 4.98. The van der Waals surface area contributed by atoms with E-state index < -0.39 is 5.60 Å². The molecule has 0 N–H and O–H groups in total. The first-order chi connectivity index (χ1) is 13.5. The Labute approximate surface area is 169 Å². The summed E-state index contributed by atoms with van der Waals surface area (Å²) in [5.41, 5.74) is 2.16. The van der Waals surface area contributed by atoms with Gasteiger partial charge in [0.25, 0.3) is 5.91 Å². The molecule has 2 amide bonds. The molecule has 2 aromatic rings. The van der Waals surface area contributed by atoms with E-state index in [-0.39, 0.29) is 17.2 Å². The second-order valence-corrected chi connectivity index (χ2v) is 7.88. The lowest BCUT2D eigenvalue weighted by molar-refractivity contribution is 0.00313. The van der Waals surface area contributed by atoms with E-state index in [1.165, 1.54) is 5.56 Å². The number of rotatable bonds is 3. The fourth-order valence-corrected chi connectivity index (χ4v) is 4.02. The van der Waals surface area contributed by atoms with Crippen molar-refractivity contribution in [3.8, 4) is 0 Å². The van der Waals surface area contributed by atoms with E-state index >= 15 is 0 Å². The lowest BCUT2D eigenvalue weighted by Gasteiger charge is -2.37. The van der Waals surface area contributed by atoms with Crippen LogP contribution in [0.25, 0.3) is 0 Å². The van der Waals surface area contributed by atoms with Crippen LogP contribution in [0.2, 0.25) is 5.15 Å². The van der Waals surface area contributed by atoms with Gasteiger partial charge in [0.1, 0.15) is 10.8 Å². The number of nitrogens with zero attached hydrogens (tertiary/aromatic N) is 3. The minimum absolute atomic E-state index is 0.131. The highest BCUT2D eigenvalue weighted by Gasteiger charge is 2.47. The maximum atomic E-state index is 12.7. The van der Waals surface area contributed by atoms with Crippen molar-refractivity contribution in [2.75, 3.05) is 19.6 Å². The van der Waals surface area contributed by atoms with Crippen LogP contribution in [-0.4, -0.2) is 52.0 Å². The molecule has 1 aromatic heterocycles. The number of pyridine rings is 1. The smallest absolute Gasteiger partial charge is 0.410 e. The highest BCUT2D eigenvalue weighted by Crippen LogP contribution is 2.34. The van der Waals surface area contributed by atoms with Gasteiger partial charge in [0.2, 0.25) is 0 Å². The predicted octanol–water partition coefficient (Wildman–Crippen LogP) is 3.67. The van der Waals surface area contributed by atoms with Crippen LogP contribution in [0.4, 0.5) is 4.79 Å². The second-order valence-electron chi connectivity index (χ2n) is 7.53. The molecule has 1 aromatic carbocycles. The molecule has 1 spiro atoms. The average molecular weight is 400 g/mol. The first-order valence-electron chi connectivity index (χ1n) is 9.39. The Balaban J connectivity index is 1.39. The number of halogens is 1. The fraction of sp³-hybridized carbons (Fsp3) is 0.381. The summed E-state index contributed by atoms with van der Waals surface area (Å²) in [6.45, 7) is 4.17. The van der Waals surface area contributed by atoms with Crippen molar-refractivity contribution in [1.82, 2.24) is 14.8 Å². The molecule has 2 aliphatic rings. The van der Waals surface area contributed by atoms with E-state index in [0.29, 0.717) is 44.6 Å². The summed E-state index contributed by atoms with van der Waals surface area (Å²) >= 11 is 6.05. The Morgan fingerprint density at radius 3 is 2.61 bits per heavy atom. The molecule has 7 heteroatoms. The van der Waals surface area contributed by atoms with Crippen LogP contribution >= 0.6 is 11.6 Å². The van der Waals surface area contributed by atoms with Gasteiger partial charge in [-0.25, -0.2) is 9.78 Å². The number of benzene rings is 1. The van der Waals surface area contributed by atoms with Crippen molar-refractivity contribution in [3.05, 3.63) is 64.4 Å². The summed E-state index contributed by atoms with van der Waals surface area (Å²) in [7, 11) is 0. The van der Waals surface area contributed by atoms with Gasteiger partial charge in [-0.05, 0) is 24.6 Å². The van der Waals surface area contributed by atoms with Gasteiger partial charge in [0, 0.05) is 38.7 Å². The number of carbonyl (C=O) groups is 2. The number of aromatic nitrogens is 1. The zero-order valence-electron chi connectivity index (χ0n) is 15.7. The molecule has 2 fully saturated rings. The third-order valence-corrected chi connectivity index (χ3v) is 5.79. The molecular weight excluding hydrogens is 378 g/mol. The molecule has 0 unspecified atom stereocenters. The van der Waals surface area contributed by atoms with E-state index in [2.05, 4.69) is 4.98 Å². The van der Waals surface area contributed by atoms with Gasteiger partial charge in [-0.15, -0.1) is 0 Å². The van der Waals surface area contributed by atoms with Crippen LogP contribution in [0.1, 0.15) is 34.3 Å². The molecular formula is C21H22ClN3O3. The summed E-state index contributed by atoms with van der Waals surface area (Å²) in [6.07, 6.45) is 2.51. The van der Waals surface area contributed by atoms with Crippen LogP contribution in [0, 0.1) is 6.92 Å². The standard InChI is InChI=1S/C21H22ClN3O3/c1-15-4-6-16(7-5-15)13-25-14-21(28-20(25)27)8-11-24(12-9-21)19(26)17-3-2-10-23-18(17)22/h2-7,10H,8-9,11-14H2,1H3. The highest BCUT2D eigenvalue weighted by molar-refractivity contribution is 6.32. The Hall–Kier alpha value is -2.60. The van der Waals surface area contributed by atoms with Crippen LogP contribution in [0.5, 0.6) is 0 Å². The van der Waals surface area contributed by atoms with Crippen molar-refractivity contribution in [1.29, 1.82) is 0 Å². The summed E-state index contributed by atoms with van der Waals surface area (Å²) < 4.78 is 5.77. The normalized spacial score (nSPS) is 18.4. The van der Waals surface area contributed by atoms with Crippen molar-refractivity contribution in [2.24, 2.45) is 0 Å². The SMILES string of the molecule is Cc1ccc(CN2CC3(CCN(C(=O)c4cccnc4Cl)CC3)OC2=O)cc1. The van der Waals surface area contributed by atoms with Crippen molar-refractivity contribution >= 4 is 23.6 Å². The molecule has 6 nitrogen and oxygen atoms in total. The predicted molar refractivity (Wildman–Crippen MR) is 105 cm³/mol. The van der Waals surface area contributed by atoms with Crippen LogP contribution in [-0.2, 0) is 11.3 Å². The highest BCUT2D eigenvalue weighted by atomic mass is 35.5. The minimum atomic E-state index is -0.517. The first-order valence-corrected chi connectivity index (χ1v) is 9.77. The third-order valence-electron chi connectivity index (χ3n) is 5.49. The van der Waals surface area contributed by atoms with Crippen molar-refractivity contribution in [3.63, 3.8) is 0 Å². The molecule has 4 rings (SSSR count). The molecule has 0 aliphatic carbocycles. The number of aryl methyl sites for hydroxylation is 1. The number of hydrogen-bond donors (Lipinski definition) is 0. The Morgan fingerprint density at radius 1 is 1.21 bits per heavy atom. The number of carbonyl (C=O) groups excluding carboxylic acids is 2. The van der Waals surface area contributed by atoms with Gasteiger partial charge in [-0.3, -0.25) is 9.69 Å². The fourth-order valence-electron chi connectivity index (χ4n) is 3.82. The van der Waals surface area contributed by atoms with Crippen molar-refractivity contribution < 1.29 is 14.3 Å². The largest absolute Gasteiger partial charge is 0.441 e. The summed E-state index contributed by atoms with van der Waals surface area (Å²) in [6, 6.07) is 11.5. The molecule has 0 bridgehead atoms. The summed E-state index contributed by atoms with van der Waals surface area (Å²) in [5.74, 6) is -0.131. The van der Waals surface area contributed by atoms with Crippen molar-refractivity contribution in [2.45, 2.75) is 31.9 Å². The maximum Gasteiger partial charge on any atom is 0.410 e. The van der Waals surface area contributed by atoms with E-state index in [4.69, 9.17) is 16.3 Å². The maximum absolute atomic E-state index is 12.7. The summed E-state index contributed by atoms with van der Waals surface area (Å²) in [5, 5.41) is 0.212. The monoisotopic (exact) mass is 399 g/mol. The van der Waals surface area contributed by atoms with Gasteiger partial charge < -0.3 is 9.64 Å². The van der Waals surface area contributed by atoms with Crippen LogP contribution < -0.4 is 0 Å². The zero-order chi connectivity index (χ0) is 19.7. The van der Waals surface area contributed by atoms with E-state index in [1.54, 1.807) is 28.1 Å².